The quantitative estimate of drug-likeness (QED) is 0.377. The second kappa shape index (κ2) is 8.24. The van der Waals surface area contributed by atoms with Crippen LogP contribution < -0.4 is 10.2 Å². The van der Waals surface area contributed by atoms with E-state index in [4.69, 9.17) is 4.74 Å². The van der Waals surface area contributed by atoms with E-state index < -0.39 is 30.7 Å². The molecule has 2 aromatic rings. The molecule has 3 N–H and O–H groups in total. The van der Waals surface area contributed by atoms with E-state index in [-0.39, 0.29) is 27.8 Å². The molecule has 0 unspecified atom stereocenters. The molecule has 0 bridgehead atoms. The summed E-state index contributed by atoms with van der Waals surface area (Å²) < 4.78 is 22.3. The molecule has 1 aliphatic rings. The number of ether oxygens (including phenoxy) is 1. The molecule has 1 saturated heterocycles. The first kappa shape index (κ1) is 22.1. The first-order valence-electron chi connectivity index (χ1n) is 9.04. The molecule has 0 spiro atoms. The summed E-state index contributed by atoms with van der Waals surface area (Å²) in [5.74, 6) is -0.0541. The number of anilines is 2. The van der Waals surface area contributed by atoms with E-state index in [2.05, 4.69) is 20.3 Å². The van der Waals surface area contributed by atoms with Crippen molar-refractivity contribution >= 4 is 51.4 Å². The SMILES string of the molecule is CC(C)C(=O)Nc1nc(N(C)C)c2ncn([C@@H]3O[C@@](CO)(CI)[C@@H](O)[C@@H]3F)c2n1. The third-order valence-corrected chi connectivity index (χ3v) is 6.11. The molecule has 1 amide bonds. The molecule has 4 atom stereocenters. The lowest BCUT2D eigenvalue weighted by Gasteiger charge is -2.27. The van der Waals surface area contributed by atoms with Crippen LogP contribution >= 0.6 is 22.6 Å². The minimum atomic E-state index is -1.80. The lowest BCUT2D eigenvalue weighted by molar-refractivity contribution is -0.118. The van der Waals surface area contributed by atoms with Gasteiger partial charge in [-0.15, -0.1) is 0 Å². The van der Waals surface area contributed by atoms with Crippen LogP contribution in [0, 0.1) is 5.92 Å². The van der Waals surface area contributed by atoms with Crippen molar-refractivity contribution in [1.29, 1.82) is 0 Å². The second-order valence-corrected chi connectivity index (χ2v) is 8.25. The predicted molar refractivity (Wildman–Crippen MR) is 113 cm³/mol. The monoisotopic (exact) mass is 522 g/mol. The molecule has 3 heterocycles. The zero-order valence-corrected chi connectivity index (χ0v) is 18.7. The minimum Gasteiger partial charge on any atom is -0.393 e. The van der Waals surface area contributed by atoms with Crippen molar-refractivity contribution in [1.82, 2.24) is 19.5 Å². The Bertz CT molecular complexity index is 903. The summed E-state index contributed by atoms with van der Waals surface area (Å²) in [5.41, 5.74) is -0.795. The van der Waals surface area contributed by atoms with Gasteiger partial charge in [0.15, 0.2) is 29.4 Å². The summed E-state index contributed by atoms with van der Waals surface area (Å²) >= 11 is 1.94. The van der Waals surface area contributed by atoms with Crippen molar-refractivity contribution in [3.8, 4) is 0 Å². The van der Waals surface area contributed by atoms with Crippen LogP contribution in [-0.2, 0) is 9.53 Å². The van der Waals surface area contributed by atoms with Gasteiger partial charge in [0.25, 0.3) is 0 Å². The fourth-order valence-corrected chi connectivity index (χ4v) is 3.90. The van der Waals surface area contributed by atoms with Gasteiger partial charge in [-0.25, -0.2) is 9.37 Å². The molecule has 12 heteroatoms. The van der Waals surface area contributed by atoms with Crippen molar-refractivity contribution < 1.29 is 24.1 Å². The van der Waals surface area contributed by atoms with E-state index >= 15 is 0 Å². The maximum absolute atomic E-state index is 15.0. The largest absolute Gasteiger partial charge is 0.393 e. The van der Waals surface area contributed by atoms with Gasteiger partial charge in [-0.2, -0.15) is 9.97 Å². The van der Waals surface area contributed by atoms with Gasteiger partial charge in [-0.05, 0) is 0 Å². The van der Waals surface area contributed by atoms with Crippen molar-refractivity contribution in [2.75, 3.05) is 35.3 Å². The Kier molecular flexibility index (Phi) is 6.27. The maximum Gasteiger partial charge on any atom is 0.233 e. The van der Waals surface area contributed by atoms with Crippen molar-refractivity contribution in [2.45, 2.75) is 38.0 Å². The fraction of sp³-hybridized carbons (Fsp3) is 0.647. The molecule has 3 rings (SSSR count). The smallest absolute Gasteiger partial charge is 0.233 e. The number of hydrogen-bond acceptors (Lipinski definition) is 8. The summed E-state index contributed by atoms with van der Waals surface area (Å²) in [6.07, 6.45) is -3.20. The first-order valence-corrected chi connectivity index (χ1v) is 10.6. The topological polar surface area (TPSA) is 126 Å². The minimum absolute atomic E-state index is 0.0536. The van der Waals surface area contributed by atoms with Gasteiger partial charge in [0, 0.05) is 24.4 Å². The van der Waals surface area contributed by atoms with Crippen molar-refractivity contribution in [3.05, 3.63) is 6.33 Å². The molecule has 0 saturated carbocycles. The second-order valence-electron chi connectivity index (χ2n) is 7.49. The fourth-order valence-electron chi connectivity index (χ4n) is 3.03. The zero-order valence-electron chi connectivity index (χ0n) is 16.5. The van der Waals surface area contributed by atoms with Gasteiger partial charge in [-0.1, -0.05) is 36.4 Å². The van der Waals surface area contributed by atoms with Crippen LogP contribution in [0.5, 0.6) is 0 Å². The number of nitrogens with zero attached hydrogens (tertiary/aromatic N) is 5. The summed E-state index contributed by atoms with van der Waals surface area (Å²) in [6, 6.07) is 0. The number of rotatable bonds is 6. The first-order chi connectivity index (χ1) is 13.6. The third kappa shape index (κ3) is 3.78. The Morgan fingerprint density at radius 2 is 2.17 bits per heavy atom. The summed E-state index contributed by atoms with van der Waals surface area (Å²) in [5, 5.41) is 22.7. The molecule has 0 aromatic carbocycles. The van der Waals surface area contributed by atoms with E-state index in [0.29, 0.717) is 11.3 Å². The molecule has 0 radical (unpaired) electrons. The number of carbonyl (C=O) groups is 1. The average molecular weight is 522 g/mol. The van der Waals surface area contributed by atoms with Gasteiger partial charge in [-0.3, -0.25) is 14.7 Å². The number of fused-ring (bicyclic) bond motifs is 1. The Morgan fingerprint density at radius 3 is 2.69 bits per heavy atom. The zero-order chi connectivity index (χ0) is 21.5. The molecule has 2 aromatic heterocycles. The predicted octanol–water partition coefficient (Wildman–Crippen LogP) is 0.881. The normalized spacial score (nSPS) is 27.0. The van der Waals surface area contributed by atoms with Crippen LogP contribution in [0.4, 0.5) is 16.2 Å². The number of amides is 1. The number of hydrogen-bond donors (Lipinski definition) is 3. The highest BCUT2D eigenvalue weighted by atomic mass is 127. The van der Waals surface area contributed by atoms with Crippen LogP contribution in [0.2, 0.25) is 0 Å². The van der Waals surface area contributed by atoms with Crippen LogP contribution in [0.1, 0.15) is 20.1 Å². The molecule has 10 nitrogen and oxygen atoms in total. The lowest BCUT2D eigenvalue weighted by atomic mass is 9.99. The average Bonchev–Trinajstić information content (AvgIpc) is 3.21. The van der Waals surface area contributed by atoms with Crippen LogP contribution in [0.3, 0.4) is 0 Å². The standard InChI is InChI=1S/C17H24FIN6O4/c1-8(2)14(28)23-16-21-12(24(3)4)10-13(22-16)25(7-20-10)15-9(18)11(27)17(5-19,6-26)29-15/h7-9,11,15,26-27H,5-6H2,1-4H3,(H,21,22,23,28)/t9-,11-,15+,17+/m0/s1. The molecule has 0 aliphatic carbocycles. The van der Waals surface area contributed by atoms with E-state index in [1.165, 1.54) is 10.9 Å². The van der Waals surface area contributed by atoms with E-state index in [0.717, 1.165) is 0 Å². The van der Waals surface area contributed by atoms with Crippen LogP contribution in [-0.4, -0.2) is 78.6 Å². The number of nitrogens with one attached hydrogen (secondary N) is 1. The Hall–Kier alpha value is -1.64. The number of aliphatic hydroxyl groups is 2. The van der Waals surface area contributed by atoms with Crippen molar-refractivity contribution in [2.24, 2.45) is 5.92 Å². The van der Waals surface area contributed by atoms with Crippen molar-refractivity contribution in [3.63, 3.8) is 0 Å². The number of carbonyl (C=O) groups excluding carboxylic acids is 1. The summed E-state index contributed by atoms with van der Waals surface area (Å²) in [4.78, 5) is 26.8. The van der Waals surface area contributed by atoms with Gasteiger partial charge in [0.1, 0.15) is 11.7 Å². The molecule has 160 valence electrons. The molecule has 1 fully saturated rings. The van der Waals surface area contributed by atoms with E-state index in [1.54, 1.807) is 32.8 Å². The molecule has 29 heavy (non-hydrogen) atoms. The number of halogens is 2. The molecular formula is C17H24FIN6O4. The third-order valence-electron chi connectivity index (χ3n) is 4.82. The number of aromatic nitrogens is 4. The Morgan fingerprint density at radius 1 is 1.48 bits per heavy atom. The number of aliphatic hydroxyl groups excluding tert-OH is 2. The summed E-state index contributed by atoms with van der Waals surface area (Å²) in [7, 11) is 3.52. The summed E-state index contributed by atoms with van der Waals surface area (Å²) in [6.45, 7) is 2.95. The van der Waals surface area contributed by atoms with Gasteiger partial charge in [0.05, 0.1) is 12.9 Å². The van der Waals surface area contributed by atoms with Gasteiger partial charge in [0.2, 0.25) is 11.9 Å². The highest BCUT2D eigenvalue weighted by Gasteiger charge is 2.55. The maximum atomic E-state index is 15.0. The Balaban J connectivity index is 2.10. The lowest BCUT2D eigenvalue weighted by Crippen LogP contribution is -2.47. The van der Waals surface area contributed by atoms with E-state index in [9.17, 15) is 19.4 Å². The number of imidazole rings is 1. The van der Waals surface area contributed by atoms with Crippen LogP contribution in [0.25, 0.3) is 11.2 Å². The van der Waals surface area contributed by atoms with Crippen LogP contribution in [0.15, 0.2) is 6.33 Å². The number of alkyl halides is 2. The van der Waals surface area contributed by atoms with Gasteiger partial charge >= 0.3 is 0 Å². The van der Waals surface area contributed by atoms with E-state index in [1.807, 2.05) is 22.6 Å². The molecular weight excluding hydrogens is 498 g/mol. The molecule has 1 aliphatic heterocycles. The highest BCUT2D eigenvalue weighted by Crippen LogP contribution is 2.41. The Labute approximate surface area is 180 Å². The highest BCUT2D eigenvalue weighted by molar-refractivity contribution is 14.1. The van der Waals surface area contributed by atoms with Gasteiger partial charge < -0.3 is 19.8 Å².